The molecule has 352 valence electrons. The molecule has 0 aromatic carbocycles. The van der Waals surface area contributed by atoms with E-state index in [4.69, 9.17) is 24.1 Å². The number of hydrogen-bond donors (Lipinski definition) is 2. The lowest BCUT2D eigenvalue weighted by atomic mass is 10.1. The van der Waals surface area contributed by atoms with Crippen LogP contribution in [0.4, 0.5) is 0 Å². The fourth-order valence-electron chi connectivity index (χ4n) is 7.18. The number of rotatable bonds is 47. The number of carboxylic acids is 1. The van der Waals surface area contributed by atoms with Crippen molar-refractivity contribution in [2.75, 3.05) is 26.4 Å². The van der Waals surface area contributed by atoms with Crippen molar-refractivity contribution in [1.82, 2.24) is 0 Å². The van der Waals surface area contributed by atoms with E-state index in [0.717, 1.165) is 141 Å². The minimum Gasteiger partial charge on any atom is -0.481 e. The molecule has 0 aliphatic rings. The van der Waals surface area contributed by atoms with Gasteiger partial charge in [0, 0.05) is 19.3 Å². The van der Waals surface area contributed by atoms with E-state index in [0.29, 0.717) is 45.7 Å². The first-order chi connectivity index (χ1) is 29.2. The number of ether oxygens (including phenoxy) is 4. The van der Waals surface area contributed by atoms with E-state index in [1.54, 1.807) is 0 Å². The van der Waals surface area contributed by atoms with Crippen molar-refractivity contribution < 1.29 is 53.1 Å². The number of carboxylic acid groups (broad SMARTS) is 1. The number of carbonyl (C=O) groups excluding carboxylic acids is 4. The topological polar surface area (TPSA) is 163 Å². The lowest BCUT2D eigenvalue weighted by molar-refractivity contribution is -0.150. The van der Waals surface area contributed by atoms with Crippen molar-refractivity contribution in [3.8, 4) is 0 Å². The molecule has 0 aromatic rings. The molecule has 1 unspecified atom stereocenters. The standard InChI is InChI=1S/C49H90O11/c1-2-3-4-5-6-7-12-18-25-33-40-59-48(55)42-44(50)43-49(56)60-41-34-26-19-14-9-11-16-23-29-36-46(53)57-38-31-24-17-13-8-10-15-22-30-37-47(54)58-39-32-27-20-21-28-35-45(51)52/h44,50H,2-43H2,1H3,(H,51,52). The number of aliphatic carboxylic acids is 1. The van der Waals surface area contributed by atoms with Gasteiger partial charge in [-0.05, 0) is 44.9 Å². The van der Waals surface area contributed by atoms with Crippen LogP contribution in [0.3, 0.4) is 0 Å². The van der Waals surface area contributed by atoms with Gasteiger partial charge in [0.2, 0.25) is 0 Å². The van der Waals surface area contributed by atoms with Crippen molar-refractivity contribution in [3.63, 3.8) is 0 Å². The zero-order valence-corrected chi connectivity index (χ0v) is 38.3. The Morgan fingerprint density at radius 3 is 0.850 bits per heavy atom. The van der Waals surface area contributed by atoms with E-state index in [9.17, 15) is 29.1 Å². The van der Waals surface area contributed by atoms with E-state index in [-0.39, 0.29) is 31.2 Å². The van der Waals surface area contributed by atoms with Gasteiger partial charge in [-0.2, -0.15) is 0 Å². The maximum absolute atomic E-state index is 12.0. The monoisotopic (exact) mass is 855 g/mol. The van der Waals surface area contributed by atoms with E-state index in [1.165, 1.54) is 64.2 Å². The van der Waals surface area contributed by atoms with Crippen LogP contribution in [0.1, 0.15) is 251 Å². The van der Waals surface area contributed by atoms with Gasteiger partial charge < -0.3 is 29.2 Å². The number of aliphatic hydroxyl groups is 1. The predicted octanol–water partition coefficient (Wildman–Crippen LogP) is 12.4. The molecule has 0 aromatic heterocycles. The van der Waals surface area contributed by atoms with Crippen molar-refractivity contribution >= 4 is 29.8 Å². The van der Waals surface area contributed by atoms with Crippen LogP contribution in [0.15, 0.2) is 0 Å². The predicted molar refractivity (Wildman–Crippen MR) is 239 cm³/mol. The average molecular weight is 855 g/mol. The SMILES string of the molecule is CCCCCCCCCCCCOC(=O)CC(O)CC(=O)OCCCCCCCCCCCC(=O)OCCCCCCCCCCCC(=O)OCCCCCCCC(=O)O. The van der Waals surface area contributed by atoms with Gasteiger partial charge in [0.1, 0.15) is 0 Å². The molecule has 0 bridgehead atoms. The van der Waals surface area contributed by atoms with Crippen LogP contribution in [-0.2, 0) is 42.9 Å². The van der Waals surface area contributed by atoms with Gasteiger partial charge in [0.05, 0.1) is 45.4 Å². The van der Waals surface area contributed by atoms with Crippen molar-refractivity contribution in [2.24, 2.45) is 0 Å². The first-order valence-electron chi connectivity index (χ1n) is 24.8. The second kappa shape index (κ2) is 45.8. The number of aliphatic hydroxyl groups excluding tert-OH is 1. The lowest BCUT2D eigenvalue weighted by Gasteiger charge is -2.10. The first-order valence-corrected chi connectivity index (χ1v) is 24.8. The third-order valence-corrected chi connectivity index (χ3v) is 10.9. The average Bonchev–Trinajstić information content (AvgIpc) is 3.21. The summed E-state index contributed by atoms with van der Waals surface area (Å²) in [6.07, 6.45) is 35.4. The van der Waals surface area contributed by atoms with E-state index in [2.05, 4.69) is 6.92 Å². The van der Waals surface area contributed by atoms with Gasteiger partial charge in [0.15, 0.2) is 0 Å². The Kier molecular flexibility index (Phi) is 43.8. The molecule has 1 atom stereocenters. The largest absolute Gasteiger partial charge is 0.481 e. The molecule has 0 aliphatic heterocycles. The van der Waals surface area contributed by atoms with E-state index >= 15 is 0 Å². The van der Waals surface area contributed by atoms with E-state index in [1.807, 2.05) is 0 Å². The Balaban J connectivity index is 3.39. The summed E-state index contributed by atoms with van der Waals surface area (Å²) in [7, 11) is 0. The number of esters is 4. The normalized spacial score (nSPS) is 11.6. The summed E-state index contributed by atoms with van der Waals surface area (Å²) in [5.74, 6) is -1.89. The summed E-state index contributed by atoms with van der Waals surface area (Å²) in [5, 5.41) is 18.7. The first kappa shape index (κ1) is 57.3. The molecule has 11 nitrogen and oxygen atoms in total. The molecule has 0 radical (unpaired) electrons. The summed E-state index contributed by atoms with van der Waals surface area (Å²) >= 11 is 0. The number of hydrogen-bond acceptors (Lipinski definition) is 10. The smallest absolute Gasteiger partial charge is 0.308 e. The van der Waals surface area contributed by atoms with Crippen molar-refractivity contribution in [1.29, 1.82) is 0 Å². The molecule has 0 saturated heterocycles. The second-order valence-corrected chi connectivity index (χ2v) is 16.9. The second-order valence-electron chi connectivity index (χ2n) is 16.9. The van der Waals surface area contributed by atoms with Crippen LogP contribution in [-0.4, -0.2) is 72.6 Å². The highest BCUT2D eigenvalue weighted by Crippen LogP contribution is 2.15. The van der Waals surface area contributed by atoms with Crippen molar-refractivity contribution in [3.05, 3.63) is 0 Å². The Morgan fingerprint density at radius 2 is 0.567 bits per heavy atom. The van der Waals surface area contributed by atoms with Gasteiger partial charge in [0.25, 0.3) is 0 Å². The van der Waals surface area contributed by atoms with Gasteiger partial charge >= 0.3 is 29.8 Å². The summed E-state index contributed by atoms with van der Waals surface area (Å²) in [5.41, 5.74) is 0. The van der Waals surface area contributed by atoms with Crippen LogP contribution in [0, 0.1) is 0 Å². The fraction of sp³-hybridized carbons (Fsp3) is 0.898. The fourth-order valence-corrected chi connectivity index (χ4v) is 7.18. The van der Waals surface area contributed by atoms with Gasteiger partial charge in [-0.1, -0.05) is 174 Å². The van der Waals surface area contributed by atoms with Gasteiger partial charge in [-0.25, -0.2) is 0 Å². The number of carbonyl (C=O) groups is 5. The third kappa shape index (κ3) is 46.4. The summed E-state index contributed by atoms with van der Waals surface area (Å²) < 4.78 is 21.2. The Labute approximate surface area is 365 Å². The third-order valence-electron chi connectivity index (χ3n) is 10.9. The molecular formula is C49H90O11. The summed E-state index contributed by atoms with van der Waals surface area (Å²) in [6.45, 7) is 3.91. The molecule has 0 spiro atoms. The highest BCUT2D eigenvalue weighted by Gasteiger charge is 2.17. The Hall–Kier alpha value is -2.69. The van der Waals surface area contributed by atoms with Gasteiger partial charge in [-0.3, -0.25) is 24.0 Å². The minimum absolute atomic E-state index is 0.0867. The zero-order chi connectivity index (χ0) is 44.0. The molecule has 11 heteroatoms. The van der Waals surface area contributed by atoms with Crippen LogP contribution < -0.4 is 0 Å². The van der Waals surface area contributed by atoms with Gasteiger partial charge in [-0.15, -0.1) is 0 Å². The maximum atomic E-state index is 12.0. The van der Waals surface area contributed by atoms with Crippen LogP contribution in [0.25, 0.3) is 0 Å². The highest BCUT2D eigenvalue weighted by molar-refractivity contribution is 5.73. The van der Waals surface area contributed by atoms with Crippen LogP contribution in [0.5, 0.6) is 0 Å². The maximum Gasteiger partial charge on any atom is 0.308 e. The molecule has 60 heavy (non-hydrogen) atoms. The molecule has 0 heterocycles. The summed E-state index contributed by atoms with van der Waals surface area (Å²) in [6, 6.07) is 0. The van der Waals surface area contributed by atoms with Crippen LogP contribution in [0.2, 0.25) is 0 Å². The molecule has 0 aliphatic carbocycles. The molecule has 2 N–H and O–H groups in total. The lowest BCUT2D eigenvalue weighted by Crippen LogP contribution is -2.21. The van der Waals surface area contributed by atoms with E-state index < -0.39 is 24.0 Å². The summed E-state index contributed by atoms with van der Waals surface area (Å²) in [4.78, 5) is 58.4. The zero-order valence-electron chi connectivity index (χ0n) is 38.3. The minimum atomic E-state index is -1.07. The number of unbranched alkanes of at least 4 members (excludes halogenated alkanes) is 29. The Morgan fingerprint density at radius 1 is 0.333 bits per heavy atom. The highest BCUT2D eigenvalue weighted by atomic mass is 16.5. The molecular weight excluding hydrogens is 765 g/mol. The quantitative estimate of drug-likeness (QED) is 0.0340. The molecule has 0 rings (SSSR count). The van der Waals surface area contributed by atoms with Crippen molar-refractivity contribution in [2.45, 2.75) is 257 Å². The van der Waals surface area contributed by atoms with Crippen LogP contribution >= 0.6 is 0 Å². The molecule has 0 fully saturated rings. The Bertz CT molecular complexity index is 1020. The molecule has 0 amide bonds. The molecule has 0 saturated carbocycles.